The van der Waals surface area contributed by atoms with Crippen molar-refractivity contribution >= 4 is 11.5 Å². The summed E-state index contributed by atoms with van der Waals surface area (Å²) in [5.74, 6) is 0.283. The Labute approximate surface area is 107 Å². The summed E-state index contributed by atoms with van der Waals surface area (Å²) in [5, 5.41) is 25.2. The number of aliphatic hydroxyl groups is 2. The number of ether oxygens (including phenoxy) is 2. The first-order valence-corrected chi connectivity index (χ1v) is 5.79. The fourth-order valence-electron chi connectivity index (χ4n) is 2.20. The van der Waals surface area contributed by atoms with Gasteiger partial charge in [-0.05, 0) is 0 Å². The molecule has 0 bridgehead atoms. The maximum Gasteiger partial charge on any atom is 0.298 e. The van der Waals surface area contributed by atoms with Gasteiger partial charge in [0.05, 0.1) is 19.8 Å². The van der Waals surface area contributed by atoms with Gasteiger partial charge >= 0.3 is 0 Å². The van der Waals surface area contributed by atoms with Crippen molar-refractivity contribution in [2.45, 2.75) is 24.5 Å². The van der Waals surface area contributed by atoms with Crippen LogP contribution in [0.3, 0.4) is 0 Å². The number of hydrogen-bond donors (Lipinski definition) is 5. The molecule has 104 valence electrons. The predicted molar refractivity (Wildman–Crippen MR) is 64.2 cm³/mol. The van der Waals surface area contributed by atoms with Crippen LogP contribution in [0.5, 0.6) is 6.01 Å². The number of H-pyrrole nitrogens is 1. The summed E-state index contributed by atoms with van der Waals surface area (Å²) in [5.41, 5.74) is -0.251. The van der Waals surface area contributed by atoms with E-state index in [1.54, 1.807) is 0 Å². The van der Waals surface area contributed by atoms with Crippen LogP contribution in [-0.2, 0) is 4.74 Å². The largest absolute Gasteiger partial charge is 0.468 e. The quantitative estimate of drug-likeness (QED) is 0.399. The highest BCUT2D eigenvalue weighted by molar-refractivity contribution is 5.67. The van der Waals surface area contributed by atoms with Crippen molar-refractivity contribution < 1.29 is 19.7 Å². The van der Waals surface area contributed by atoms with E-state index in [9.17, 15) is 15.0 Å². The normalized spacial score (nSPS) is 32.6. The van der Waals surface area contributed by atoms with Crippen molar-refractivity contribution in [2.24, 2.45) is 0 Å². The molecule has 0 radical (unpaired) electrons. The van der Waals surface area contributed by atoms with Crippen molar-refractivity contribution in [1.82, 2.24) is 9.97 Å². The molecule has 1 aromatic rings. The molecule has 9 heteroatoms. The summed E-state index contributed by atoms with van der Waals surface area (Å²) >= 11 is 0. The van der Waals surface area contributed by atoms with E-state index in [4.69, 9.17) is 9.47 Å². The molecule has 0 aliphatic carbocycles. The maximum absolute atomic E-state index is 11.8. The minimum atomic E-state index is -1.04. The standard InChI is InChI=1S/C10H14N4O5/c1-18-10-13-7-5(8(17)14-10)11-4-6(16)3(15)2-19-9(4)12-7/h3-4,6,9,11,15-16H,2H2,1H3,(H2,12,13,14,17)/t3-,4?,6-,9?/m1/s1. The molecule has 2 unspecified atom stereocenters. The van der Waals surface area contributed by atoms with E-state index in [1.807, 2.05) is 0 Å². The SMILES string of the molecule is COc1nc2c(c(=O)[nH]1)NC1C(N2)OC[C@@H](O)[C@H]1O. The molecule has 1 saturated heterocycles. The van der Waals surface area contributed by atoms with Crippen molar-refractivity contribution in [3.63, 3.8) is 0 Å². The number of nitrogens with zero attached hydrogens (tertiary/aromatic N) is 1. The summed E-state index contributed by atoms with van der Waals surface area (Å²) in [6.07, 6.45) is -2.62. The van der Waals surface area contributed by atoms with E-state index in [2.05, 4.69) is 20.6 Å². The first-order chi connectivity index (χ1) is 9.10. The van der Waals surface area contributed by atoms with Gasteiger partial charge in [0.15, 0.2) is 12.0 Å². The summed E-state index contributed by atoms with van der Waals surface area (Å²) in [7, 11) is 1.39. The van der Waals surface area contributed by atoms with Crippen LogP contribution in [0.15, 0.2) is 4.79 Å². The number of aromatic nitrogens is 2. The average Bonchev–Trinajstić information content (AvgIpc) is 2.41. The molecule has 1 aromatic heterocycles. The third-order valence-corrected chi connectivity index (χ3v) is 3.22. The first-order valence-electron chi connectivity index (χ1n) is 5.79. The Morgan fingerprint density at radius 3 is 2.95 bits per heavy atom. The minimum Gasteiger partial charge on any atom is -0.468 e. The van der Waals surface area contributed by atoms with Gasteiger partial charge in [0.2, 0.25) is 0 Å². The van der Waals surface area contributed by atoms with Crippen LogP contribution >= 0.6 is 0 Å². The third kappa shape index (κ3) is 1.91. The van der Waals surface area contributed by atoms with Crippen LogP contribution < -0.4 is 20.9 Å². The lowest BCUT2D eigenvalue weighted by Gasteiger charge is -2.42. The summed E-state index contributed by atoms with van der Waals surface area (Å²) in [6, 6.07) is -0.555. The lowest BCUT2D eigenvalue weighted by molar-refractivity contribution is -0.121. The fourth-order valence-corrected chi connectivity index (χ4v) is 2.20. The zero-order chi connectivity index (χ0) is 13.6. The van der Waals surface area contributed by atoms with Gasteiger partial charge in [-0.15, -0.1) is 0 Å². The van der Waals surface area contributed by atoms with E-state index in [1.165, 1.54) is 7.11 Å². The Hall–Kier alpha value is -1.84. The Morgan fingerprint density at radius 2 is 2.21 bits per heavy atom. The Kier molecular flexibility index (Phi) is 2.81. The number of anilines is 2. The number of fused-ring (bicyclic) bond motifs is 2. The highest BCUT2D eigenvalue weighted by Crippen LogP contribution is 2.29. The van der Waals surface area contributed by atoms with Crippen LogP contribution in [0.25, 0.3) is 0 Å². The van der Waals surface area contributed by atoms with Crippen LogP contribution in [0, 0.1) is 0 Å². The van der Waals surface area contributed by atoms with Gasteiger partial charge in [-0.3, -0.25) is 9.78 Å². The molecule has 2 aliphatic heterocycles. The topological polar surface area (TPSA) is 129 Å². The van der Waals surface area contributed by atoms with Gasteiger partial charge < -0.3 is 30.3 Å². The maximum atomic E-state index is 11.8. The summed E-state index contributed by atoms with van der Waals surface area (Å²) in [6.45, 7) is 0.00662. The molecule has 0 amide bonds. The van der Waals surface area contributed by atoms with Crippen LogP contribution in [-0.4, -0.2) is 58.4 Å². The number of nitrogens with one attached hydrogen (secondary N) is 3. The van der Waals surface area contributed by atoms with Crippen LogP contribution in [0.1, 0.15) is 0 Å². The van der Waals surface area contributed by atoms with Gasteiger partial charge in [0.1, 0.15) is 17.9 Å². The smallest absolute Gasteiger partial charge is 0.298 e. The molecule has 9 nitrogen and oxygen atoms in total. The zero-order valence-corrected chi connectivity index (χ0v) is 10.1. The van der Waals surface area contributed by atoms with Crippen LogP contribution in [0.4, 0.5) is 11.5 Å². The fraction of sp³-hybridized carbons (Fsp3) is 0.600. The summed E-state index contributed by atoms with van der Waals surface area (Å²) in [4.78, 5) is 18.3. The molecule has 0 aromatic carbocycles. The molecule has 3 heterocycles. The van der Waals surface area contributed by atoms with E-state index < -0.39 is 30.0 Å². The van der Waals surface area contributed by atoms with Crippen molar-refractivity contribution in [3.05, 3.63) is 10.4 Å². The van der Waals surface area contributed by atoms with Crippen molar-refractivity contribution in [1.29, 1.82) is 0 Å². The number of aromatic amines is 1. The lowest BCUT2D eigenvalue weighted by Crippen LogP contribution is -2.61. The molecule has 0 spiro atoms. The molecule has 2 aliphatic rings. The number of aliphatic hydroxyl groups excluding tert-OH is 2. The highest BCUT2D eigenvalue weighted by Gasteiger charge is 2.42. The van der Waals surface area contributed by atoms with Gasteiger partial charge in [-0.2, -0.15) is 4.98 Å². The van der Waals surface area contributed by atoms with Gasteiger partial charge in [0, 0.05) is 0 Å². The van der Waals surface area contributed by atoms with Crippen LogP contribution in [0.2, 0.25) is 0 Å². The molecular formula is C10H14N4O5. The second-order valence-electron chi connectivity index (χ2n) is 4.43. The molecule has 19 heavy (non-hydrogen) atoms. The molecule has 3 rings (SSSR count). The minimum absolute atomic E-state index is 0.00662. The van der Waals surface area contributed by atoms with Gasteiger partial charge in [-0.1, -0.05) is 0 Å². The zero-order valence-electron chi connectivity index (χ0n) is 10.1. The number of methoxy groups -OCH3 is 1. The van der Waals surface area contributed by atoms with Gasteiger partial charge in [-0.25, -0.2) is 0 Å². The summed E-state index contributed by atoms with van der Waals surface area (Å²) < 4.78 is 10.2. The van der Waals surface area contributed by atoms with E-state index in [0.29, 0.717) is 0 Å². The van der Waals surface area contributed by atoms with E-state index in [-0.39, 0.29) is 24.1 Å². The molecular weight excluding hydrogens is 256 g/mol. The Bertz CT molecular complexity index is 547. The third-order valence-electron chi connectivity index (χ3n) is 3.22. The highest BCUT2D eigenvalue weighted by atomic mass is 16.5. The molecule has 5 N–H and O–H groups in total. The van der Waals surface area contributed by atoms with Crippen molar-refractivity contribution in [3.8, 4) is 6.01 Å². The number of hydrogen-bond acceptors (Lipinski definition) is 8. The second kappa shape index (κ2) is 4.37. The average molecular weight is 270 g/mol. The first kappa shape index (κ1) is 12.2. The Morgan fingerprint density at radius 1 is 1.42 bits per heavy atom. The lowest BCUT2D eigenvalue weighted by atomic mass is 9.99. The molecule has 1 fully saturated rings. The monoisotopic (exact) mass is 270 g/mol. The van der Waals surface area contributed by atoms with Crippen molar-refractivity contribution in [2.75, 3.05) is 24.4 Å². The number of rotatable bonds is 1. The van der Waals surface area contributed by atoms with E-state index in [0.717, 1.165) is 0 Å². The molecule has 4 atom stereocenters. The van der Waals surface area contributed by atoms with Gasteiger partial charge in [0.25, 0.3) is 11.6 Å². The molecule has 0 saturated carbocycles. The Balaban J connectivity index is 1.98. The second-order valence-corrected chi connectivity index (χ2v) is 4.43. The van der Waals surface area contributed by atoms with E-state index >= 15 is 0 Å². The predicted octanol–water partition coefficient (Wildman–Crippen LogP) is -1.94.